The molecule has 0 unspecified atom stereocenters. The monoisotopic (exact) mass is 364 g/mol. The lowest BCUT2D eigenvalue weighted by Gasteiger charge is -2.09. The number of fused-ring (bicyclic) bond motifs is 1. The normalized spacial score (nSPS) is 11.0. The average molecular weight is 365 g/mol. The van der Waals surface area contributed by atoms with E-state index in [1.54, 1.807) is 48.5 Å². The second-order valence-electron chi connectivity index (χ2n) is 5.31. The minimum atomic E-state index is -0.585. The summed E-state index contributed by atoms with van der Waals surface area (Å²) in [4.78, 5) is 16.4. The van der Waals surface area contributed by atoms with E-state index >= 15 is 0 Å². The molecule has 3 aromatic rings. The molecule has 0 bridgehead atoms. The van der Waals surface area contributed by atoms with Gasteiger partial charge in [0, 0.05) is 33.9 Å². The number of pyridine rings is 1. The summed E-state index contributed by atoms with van der Waals surface area (Å²) >= 11 is 5.87. The molecule has 7 heteroatoms. The molecule has 0 saturated carbocycles. The molecule has 0 saturated heterocycles. The summed E-state index contributed by atoms with van der Waals surface area (Å²) in [6.45, 7) is 0. The highest BCUT2D eigenvalue weighted by Crippen LogP contribution is 2.29. The smallest absolute Gasteiger partial charge is 0.267 e. The highest BCUT2D eigenvalue weighted by atomic mass is 35.5. The maximum atomic E-state index is 12.4. The Labute approximate surface area is 154 Å². The van der Waals surface area contributed by atoms with Gasteiger partial charge in [-0.15, -0.1) is 0 Å². The standard InChI is InChI=1S/C19H13ClN4O2/c20-13-7-8-22-18(9-13)23-11-12(10-21)19(26)24-16-5-1-4-15-14(16)3-2-6-17(15)25/h1-9,11,25H,(H,22,23)(H,24,26)/b12-11-. The molecule has 0 fully saturated rings. The third kappa shape index (κ3) is 3.74. The molecular formula is C19H13ClN4O2. The number of aromatic nitrogens is 1. The van der Waals surface area contributed by atoms with Crippen LogP contribution in [0, 0.1) is 11.3 Å². The summed E-state index contributed by atoms with van der Waals surface area (Å²) in [7, 11) is 0. The number of phenolic OH excluding ortho intramolecular Hbond substituents is 1. The Kier molecular flexibility index (Phi) is 5.02. The molecule has 0 aliphatic carbocycles. The van der Waals surface area contributed by atoms with Crippen molar-refractivity contribution >= 4 is 39.8 Å². The zero-order chi connectivity index (χ0) is 18.5. The zero-order valence-corrected chi connectivity index (χ0v) is 14.2. The first-order valence-electron chi connectivity index (χ1n) is 7.59. The fourth-order valence-electron chi connectivity index (χ4n) is 2.37. The number of anilines is 2. The molecule has 0 aliphatic heterocycles. The first kappa shape index (κ1) is 17.3. The second-order valence-corrected chi connectivity index (χ2v) is 5.74. The maximum Gasteiger partial charge on any atom is 0.267 e. The molecule has 3 rings (SSSR count). The number of halogens is 1. The number of hydrogen-bond donors (Lipinski definition) is 3. The number of carbonyl (C=O) groups is 1. The van der Waals surface area contributed by atoms with E-state index in [1.807, 2.05) is 6.07 Å². The van der Waals surface area contributed by atoms with Crippen LogP contribution in [-0.4, -0.2) is 16.0 Å². The van der Waals surface area contributed by atoms with Gasteiger partial charge in [0.1, 0.15) is 23.2 Å². The van der Waals surface area contributed by atoms with Crippen LogP contribution in [0.1, 0.15) is 0 Å². The van der Waals surface area contributed by atoms with Gasteiger partial charge < -0.3 is 15.7 Å². The van der Waals surface area contributed by atoms with E-state index in [9.17, 15) is 15.2 Å². The molecule has 3 N–H and O–H groups in total. The summed E-state index contributed by atoms with van der Waals surface area (Å²) in [6.07, 6.45) is 2.77. The molecular weight excluding hydrogens is 352 g/mol. The van der Waals surface area contributed by atoms with Gasteiger partial charge in [-0.05, 0) is 24.3 Å². The van der Waals surface area contributed by atoms with Crippen molar-refractivity contribution in [1.82, 2.24) is 4.98 Å². The highest BCUT2D eigenvalue weighted by molar-refractivity contribution is 6.30. The molecule has 0 radical (unpaired) electrons. The summed E-state index contributed by atoms with van der Waals surface area (Å²) in [5.74, 6) is -0.0608. The lowest BCUT2D eigenvalue weighted by molar-refractivity contribution is -0.112. The van der Waals surface area contributed by atoms with E-state index < -0.39 is 5.91 Å². The van der Waals surface area contributed by atoms with Crippen molar-refractivity contribution in [2.24, 2.45) is 0 Å². The van der Waals surface area contributed by atoms with Crippen molar-refractivity contribution in [3.63, 3.8) is 0 Å². The minimum absolute atomic E-state index is 0.114. The summed E-state index contributed by atoms with van der Waals surface area (Å²) in [6, 6.07) is 15.2. The van der Waals surface area contributed by atoms with Gasteiger partial charge in [-0.2, -0.15) is 5.26 Å². The van der Waals surface area contributed by atoms with Gasteiger partial charge in [-0.25, -0.2) is 4.98 Å². The molecule has 1 amide bonds. The molecule has 1 aromatic heterocycles. The molecule has 2 aromatic carbocycles. The fourth-order valence-corrected chi connectivity index (χ4v) is 2.53. The van der Waals surface area contributed by atoms with E-state index in [-0.39, 0.29) is 11.3 Å². The molecule has 0 aliphatic rings. The van der Waals surface area contributed by atoms with Gasteiger partial charge in [-0.1, -0.05) is 35.9 Å². The van der Waals surface area contributed by atoms with E-state index in [4.69, 9.17) is 11.6 Å². The van der Waals surface area contributed by atoms with Crippen LogP contribution in [0.2, 0.25) is 5.02 Å². The Hall–Kier alpha value is -3.56. The van der Waals surface area contributed by atoms with Crippen molar-refractivity contribution in [3.05, 3.63) is 71.5 Å². The fraction of sp³-hybridized carbons (Fsp3) is 0. The average Bonchev–Trinajstić information content (AvgIpc) is 2.63. The van der Waals surface area contributed by atoms with Crippen LogP contribution in [0.3, 0.4) is 0 Å². The molecule has 1 heterocycles. The predicted octanol–water partition coefficient (Wildman–Crippen LogP) is 4.05. The first-order valence-corrected chi connectivity index (χ1v) is 7.96. The molecule has 0 atom stereocenters. The van der Waals surface area contributed by atoms with Gasteiger partial charge >= 0.3 is 0 Å². The molecule has 128 valence electrons. The summed E-state index contributed by atoms with van der Waals surface area (Å²) < 4.78 is 0. The quantitative estimate of drug-likeness (QED) is 0.479. The van der Waals surface area contributed by atoms with Crippen LogP contribution in [0.4, 0.5) is 11.5 Å². The topological polar surface area (TPSA) is 98.0 Å². The van der Waals surface area contributed by atoms with Crippen molar-refractivity contribution in [3.8, 4) is 11.8 Å². The van der Waals surface area contributed by atoms with Crippen LogP contribution < -0.4 is 10.6 Å². The Balaban J connectivity index is 1.83. The van der Waals surface area contributed by atoms with Crippen molar-refractivity contribution < 1.29 is 9.90 Å². The van der Waals surface area contributed by atoms with E-state index in [2.05, 4.69) is 15.6 Å². The molecule has 0 spiro atoms. The third-order valence-electron chi connectivity index (χ3n) is 3.60. The van der Waals surface area contributed by atoms with Crippen molar-refractivity contribution in [2.75, 3.05) is 10.6 Å². The highest BCUT2D eigenvalue weighted by Gasteiger charge is 2.12. The van der Waals surface area contributed by atoms with Crippen molar-refractivity contribution in [1.29, 1.82) is 5.26 Å². The van der Waals surface area contributed by atoms with E-state index in [0.29, 0.717) is 27.3 Å². The lowest BCUT2D eigenvalue weighted by atomic mass is 10.1. The van der Waals surface area contributed by atoms with Gasteiger partial charge in [0.25, 0.3) is 5.91 Å². The number of nitrogens with zero attached hydrogens (tertiary/aromatic N) is 2. The Morgan fingerprint density at radius 1 is 1.19 bits per heavy atom. The number of amides is 1. The first-order chi connectivity index (χ1) is 12.6. The number of nitriles is 1. The van der Waals surface area contributed by atoms with Gasteiger partial charge in [0.05, 0.1) is 0 Å². The number of aromatic hydroxyl groups is 1. The van der Waals surface area contributed by atoms with Crippen LogP contribution in [0.15, 0.2) is 66.5 Å². The van der Waals surface area contributed by atoms with Crippen LogP contribution in [-0.2, 0) is 4.79 Å². The Bertz CT molecular complexity index is 1060. The number of nitrogens with one attached hydrogen (secondary N) is 2. The third-order valence-corrected chi connectivity index (χ3v) is 3.83. The van der Waals surface area contributed by atoms with Crippen LogP contribution >= 0.6 is 11.6 Å². The number of rotatable bonds is 4. The maximum absolute atomic E-state index is 12.4. The van der Waals surface area contributed by atoms with Gasteiger partial charge in [0.2, 0.25) is 0 Å². The van der Waals surface area contributed by atoms with Crippen LogP contribution in [0.5, 0.6) is 5.75 Å². The molecule has 6 nitrogen and oxygen atoms in total. The Morgan fingerprint density at radius 3 is 2.73 bits per heavy atom. The summed E-state index contributed by atoms with van der Waals surface area (Å²) in [5, 5.41) is 26.4. The largest absolute Gasteiger partial charge is 0.507 e. The predicted molar refractivity (Wildman–Crippen MR) is 101 cm³/mol. The second kappa shape index (κ2) is 7.55. The van der Waals surface area contributed by atoms with Gasteiger partial charge in [0.15, 0.2) is 0 Å². The van der Waals surface area contributed by atoms with Crippen molar-refractivity contribution in [2.45, 2.75) is 0 Å². The Morgan fingerprint density at radius 2 is 1.96 bits per heavy atom. The van der Waals surface area contributed by atoms with Gasteiger partial charge in [-0.3, -0.25) is 4.79 Å². The number of hydrogen-bond acceptors (Lipinski definition) is 5. The number of phenols is 1. The molecule has 26 heavy (non-hydrogen) atoms. The van der Waals surface area contributed by atoms with E-state index in [1.165, 1.54) is 12.4 Å². The number of carbonyl (C=O) groups excluding carboxylic acids is 1. The number of benzene rings is 2. The minimum Gasteiger partial charge on any atom is -0.507 e. The zero-order valence-electron chi connectivity index (χ0n) is 13.4. The lowest BCUT2D eigenvalue weighted by Crippen LogP contribution is -2.14. The SMILES string of the molecule is N#C/C(=C/Nc1cc(Cl)ccn1)C(=O)Nc1cccc2c(O)cccc12. The van der Waals surface area contributed by atoms with E-state index in [0.717, 1.165) is 0 Å². The van der Waals surface area contributed by atoms with Crippen LogP contribution in [0.25, 0.3) is 10.8 Å². The summed E-state index contributed by atoms with van der Waals surface area (Å²) in [5.41, 5.74) is 0.356.